The Morgan fingerprint density at radius 2 is 1.12 bits per heavy atom. The van der Waals surface area contributed by atoms with Crippen molar-refractivity contribution in [2.75, 3.05) is 33.0 Å². The second-order valence-corrected chi connectivity index (χ2v) is 13.5. The van der Waals surface area contributed by atoms with Gasteiger partial charge in [-0.1, -0.05) is 125 Å². The van der Waals surface area contributed by atoms with Crippen molar-refractivity contribution in [2.45, 2.75) is 136 Å². The number of ether oxygens (including phenoxy) is 2. The van der Waals surface area contributed by atoms with Gasteiger partial charge in [0.2, 0.25) is 0 Å². The van der Waals surface area contributed by atoms with E-state index in [9.17, 15) is 14.3 Å². The summed E-state index contributed by atoms with van der Waals surface area (Å²) in [6, 6.07) is 0. The summed E-state index contributed by atoms with van der Waals surface area (Å²) < 4.78 is 33.2. The van der Waals surface area contributed by atoms with Gasteiger partial charge in [0.15, 0.2) is 0 Å². The Bertz CT molecular complexity index is 1030. The molecule has 0 aliphatic carbocycles. The molecular formula is C41H70NO7P. The van der Waals surface area contributed by atoms with Crippen LogP contribution in [-0.4, -0.2) is 49.9 Å². The van der Waals surface area contributed by atoms with E-state index in [1.807, 2.05) is 0 Å². The van der Waals surface area contributed by atoms with E-state index in [-0.39, 0.29) is 38.8 Å². The molecule has 0 saturated heterocycles. The predicted octanol–water partition coefficient (Wildman–Crippen LogP) is 11.0. The van der Waals surface area contributed by atoms with Gasteiger partial charge in [-0.25, -0.2) is 4.57 Å². The molecule has 8 nitrogen and oxygen atoms in total. The van der Waals surface area contributed by atoms with Gasteiger partial charge in [-0.3, -0.25) is 13.8 Å². The first-order valence-corrected chi connectivity index (χ1v) is 20.6. The van der Waals surface area contributed by atoms with Crippen molar-refractivity contribution in [3.8, 4) is 0 Å². The number of unbranched alkanes of at least 4 members (excludes halogenated alkanes) is 8. The maximum atomic E-state index is 12.5. The standard InChI is InChI=1S/C41H70NO7P/c1-3-5-7-9-11-13-15-17-18-19-20-21-23-25-27-29-31-33-36-46-38-40(39-48-50(44,45)47-37-35-42)49-41(43)34-32-30-28-26-24-22-16-14-12-10-8-6-4-2/h5,7-8,10-11,13-14,16-18,20-21,25,27,40H,3-4,6,9,12,15,19,22-24,26,28-39,42H2,1-2H3,(H,44,45)/b7-5-,10-8-,13-11-,16-14-,18-17-,21-20-,27-25-. The summed E-state index contributed by atoms with van der Waals surface area (Å²) in [5, 5.41) is 0. The molecule has 50 heavy (non-hydrogen) atoms. The molecule has 0 amide bonds. The maximum Gasteiger partial charge on any atom is 0.472 e. The smallest absolute Gasteiger partial charge is 0.457 e. The lowest BCUT2D eigenvalue weighted by Crippen LogP contribution is -2.28. The van der Waals surface area contributed by atoms with E-state index in [4.69, 9.17) is 24.3 Å². The van der Waals surface area contributed by atoms with Gasteiger partial charge >= 0.3 is 13.8 Å². The Balaban J connectivity index is 4.22. The van der Waals surface area contributed by atoms with Crippen LogP contribution in [0.2, 0.25) is 0 Å². The van der Waals surface area contributed by atoms with Crippen LogP contribution in [-0.2, 0) is 27.9 Å². The van der Waals surface area contributed by atoms with Crippen LogP contribution in [0, 0.1) is 0 Å². The third-order valence-corrected chi connectivity index (χ3v) is 8.26. The minimum Gasteiger partial charge on any atom is -0.457 e. The molecule has 2 atom stereocenters. The first-order chi connectivity index (χ1) is 24.4. The second kappa shape index (κ2) is 37.9. The number of hydrogen-bond acceptors (Lipinski definition) is 7. The Morgan fingerprint density at radius 1 is 0.620 bits per heavy atom. The lowest BCUT2D eigenvalue weighted by atomic mass is 10.1. The molecule has 0 spiro atoms. The number of allylic oxidation sites excluding steroid dienone is 14. The van der Waals surface area contributed by atoms with Gasteiger partial charge in [-0.15, -0.1) is 0 Å². The van der Waals surface area contributed by atoms with E-state index in [2.05, 4.69) is 98.9 Å². The van der Waals surface area contributed by atoms with Crippen molar-refractivity contribution in [3.05, 3.63) is 85.1 Å². The van der Waals surface area contributed by atoms with Gasteiger partial charge in [0.05, 0.1) is 19.8 Å². The molecular weight excluding hydrogens is 649 g/mol. The van der Waals surface area contributed by atoms with Gasteiger partial charge < -0.3 is 20.1 Å². The summed E-state index contributed by atoms with van der Waals surface area (Å²) in [5.41, 5.74) is 5.35. The highest BCUT2D eigenvalue weighted by Crippen LogP contribution is 2.43. The molecule has 286 valence electrons. The molecule has 9 heteroatoms. The van der Waals surface area contributed by atoms with Crippen molar-refractivity contribution in [3.63, 3.8) is 0 Å². The molecule has 0 aromatic heterocycles. The molecule has 3 N–H and O–H groups in total. The summed E-state index contributed by atoms with van der Waals surface area (Å²) in [5.74, 6) is -0.365. The Labute approximate surface area is 305 Å². The zero-order chi connectivity index (χ0) is 36.6. The van der Waals surface area contributed by atoms with Crippen molar-refractivity contribution in [1.29, 1.82) is 0 Å². The van der Waals surface area contributed by atoms with Gasteiger partial charge in [-0.05, 0) is 83.5 Å². The van der Waals surface area contributed by atoms with Gasteiger partial charge in [0, 0.05) is 19.6 Å². The largest absolute Gasteiger partial charge is 0.472 e. The number of rotatable bonds is 35. The highest BCUT2D eigenvalue weighted by Gasteiger charge is 2.25. The third kappa shape index (κ3) is 36.9. The number of phosphoric acid groups is 1. The average Bonchev–Trinajstić information content (AvgIpc) is 3.10. The summed E-state index contributed by atoms with van der Waals surface area (Å²) in [6.45, 7) is 4.57. The van der Waals surface area contributed by atoms with E-state index in [0.717, 1.165) is 103 Å². The molecule has 0 rings (SSSR count). The zero-order valence-corrected chi connectivity index (χ0v) is 32.2. The van der Waals surface area contributed by atoms with Gasteiger partial charge in [-0.2, -0.15) is 0 Å². The first-order valence-electron chi connectivity index (χ1n) is 19.1. The van der Waals surface area contributed by atoms with Crippen molar-refractivity contribution < 1.29 is 32.8 Å². The molecule has 0 saturated carbocycles. The van der Waals surface area contributed by atoms with Crippen LogP contribution in [0.15, 0.2) is 85.1 Å². The van der Waals surface area contributed by atoms with Crippen LogP contribution >= 0.6 is 7.82 Å². The minimum atomic E-state index is -4.29. The number of carbonyl (C=O) groups excluding carboxylic acids is 1. The lowest BCUT2D eigenvalue weighted by Gasteiger charge is -2.20. The fraction of sp³-hybridized carbons (Fsp3) is 0.634. The van der Waals surface area contributed by atoms with Crippen LogP contribution in [0.25, 0.3) is 0 Å². The van der Waals surface area contributed by atoms with Crippen molar-refractivity contribution >= 4 is 13.8 Å². The highest BCUT2D eigenvalue weighted by atomic mass is 31.2. The topological polar surface area (TPSA) is 117 Å². The maximum absolute atomic E-state index is 12.5. The van der Waals surface area contributed by atoms with Gasteiger partial charge in [0.25, 0.3) is 0 Å². The second-order valence-electron chi connectivity index (χ2n) is 12.1. The SMILES string of the molecule is CC/C=C\C/C=C\C/C=C\C/C=C\C/C=C\CCCCOCC(COP(=O)(O)OCCN)OC(=O)CCCCCCC/C=C\C/C=C\CCC. The summed E-state index contributed by atoms with van der Waals surface area (Å²) in [4.78, 5) is 22.4. The number of esters is 1. The average molecular weight is 720 g/mol. The van der Waals surface area contributed by atoms with Crippen LogP contribution in [0.5, 0.6) is 0 Å². The predicted molar refractivity (Wildman–Crippen MR) is 210 cm³/mol. The molecule has 0 fully saturated rings. The Hall–Kier alpha value is -2.32. The van der Waals surface area contributed by atoms with Crippen LogP contribution in [0.3, 0.4) is 0 Å². The minimum absolute atomic E-state index is 0.0756. The fourth-order valence-electron chi connectivity index (χ4n) is 4.53. The van der Waals surface area contributed by atoms with E-state index < -0.39 is 13.9 Å². The Kier molecular flexibility index (Phi) is 36.2. The number of nitrogens with two attached hydrogens (primary N) is 1. The van der Waals surface area contributed by atoms with E-state index in [0.29, 0.717) is 6.61 Å². The molecule has 0 aromatic carbocycles. The molecule has 2 unspecified atom stereocenters. The molecule has 0 radical (unpaired) electrons. The molecule has 0 bridgehead atoms. The summed E-state index contributed by atoms with van der Waals surface area (Å²) in [6.07, 6.45) is 47.5. The Morgan fingerprint density at radius 3 is 1.68 bits per heavy atom. The number of hydrogen-bond donors (Lipinski definition) is 2. The van der Waals surface area contributed by atoms with E-state index in [1.165, 1.54) is 6.42 Å². The summed E-state index contributed by atoms with van der Waals surface area (Å²) in [7, 11) is -4.29. The monoisotopic (exact) mass is 719 g/mol. The lowest BCUT2D eigenvalue weighted by molar-refractivity contribution is -0.154. The quantitative estimate of drug-likeness (QED) is 0.0288. The van der Waals surface area contributed by atoms with Crippen LogP contribution in [0.1, 0.15) is 129 Å². The highest BCUT2D eigenvalue weighted by molar-refractivity contribution is 7.47. The number of carbonyl (C=O) groups is 1. The normalized spacial score (nSPS) is 14.6. The number of phosphoric ester groups is 1. The van der Waals surface area contributed by atoms with Crippen molar-refractivity contribution in [2.24, 2.45) is 5.73 Å². The molecule has 0 aliphatic rings. The van der Waals surface area contributed by atoms with Crippen LogP contribution in [0.4, 0.5) is 0 Å². The summed E-state index contributed by atoms with van der Waals surface area (Å²) >= 11 is 0. The van der Waals surface area contributed by atoms with Crippen LogP contribution < -0.4 is 5.73 Å². The van der Waals surface area contributed by atoms with Gasteiger partial charge in [0.1, 0.15) is 6.10 Å². The van der Waals surface area contributed by atoms with Crippen molar-refractivity contribution in [1.82, 2.24) is 0 Å². The van der Waals surface area contributed by atoms with E-state index in [1.54, 1.807) is 0 Å². The molecule has 0 aliphatic heterocycles. The molecule has 0 aromatic rings. The zero-order valence-electron chi connectivity index (χ0n) is 31.3. The molecule has 0 heterocycles. The third-order valence-electron chi connectivity index (χ3n) is 7.28. The van der Waals surface area contributed by atoms with E-state index >= 15 is 0 Å². The first kappa shape index (κ1) is 47.7. The fourth-order valence-corrected chi connectivity index (χ4v) is 5.29.